The van der Waals surface area contributed by atoms with Gasteiger partial charge in [-0.15, -0.1) is 0 Å². The maximum absolute atomic E-state index is 12.8. The van der Waals surface area contributed by atoms with Gasteiger partial charge < -0.3 is 10.6 Å². The van der Waals surface area contributed by atoms with E-state index in [0.29, 0.717) is 12.1 Å². The molecule has 1 saturated heterocycles. The van der Waals surface area contributed by atoms with E-state index < -0.39 is 0 Å². The Morgan fingerprint density at radius 3 is 2.30 bits per heavy atom. The molecule has 1 amide bonds. The molecular weight excluding hydrogens is 248 g/mol. The first-order valence-corrected chi connectivity index (χ1v) is 7.65. The van der Waals surface area contributed by atoms with Crippen LogP contribution in [-0.2, 0) is 4.79 Å². The molecule has 3 nitrogen and oxygen atoms in total. The van der Waals surface area contributed by atoms with Crippen molar-refractivity contribution in [3.8, 4) is 0 Å². The number of nitrogens with two attached hydrogens (primary N) is 1. The van der Waals surface area contributed by atoms with Crippen molar-refractivity contribution in [2.75, 3.05) is 0 Å². The zero-order valence-corrected chi connectivity index (χ0v) is 12.8. The second-order valence-corrected chi connectivity index (χ2v) is 6.10. The SMILES string of the molecule is CC(C(=O)N1C(C)CCCC1C)C(N)c1ccccc1. The Labute approximate surface area is 122 Å². The average molecular weight is 274 g/mol. The molecule has 0 aromatic heterocycles. The molecule has 0 radical (unpaired) electrons. The number of hydrogen-bond donors (Lipinski definition) is 1. The second-order valence-electron chi connectivity index (χ2n) is 6.10. The molecule has 3 heteroatoms. The van der Waals surface area contributed by atoms with Gasteiger partial charge in [0.1, 0.15) is 0 Å². The highest BCUT2D eigenvalue weighted by Gasteiger charge is 2.34. The molecule has 2 N–H and O–H groups in total. The van der Waals surface area contributed by atoms with Crippen LogP contribution in [0.15, 0.2) is 30.3 Å². The molecule has 4 unspecified atom stereocenters. The Morgan fingerprint density at radius 1 is 1.20 bits per heavy atom. The zero-order valence-electron chi connectivity index (χ0n) is 12.8. The third kappa shape index (κ3) is 3.04. The van der Waals surface area contributed by atoms with Crippen LogP contribution in [0.2, 0.25) is 0 Å². The van der Waals surface area contributed by atoms with Crippen molar-refractivity contribution in [1.29, 1.82) is 0 Å². The van der Waals surface area contributed by atoms with Crippen LogP contribution in [0.1, 0.15) is 51.6 Å². The van der Waals surface area contributed by atoms with Crippen LogP contribution in [0.25, 0.3) is 0 Å². The fourth-order valence-corrected chi connectivity index (χ4v) is 3.21. The predicted octanol–water partition coefficient (Wildman–Crippen LogP) is 3.11. The van der Waals surface area contributed by atoms with E-state index in [2.05, 4.69) is 18.7 Å². The van der Waals surface area contributed by atoms with E-state index in [0.717, 1.165) is 18.4 Å². The summed E-state index contributed by atoms with van der Waals surface area (Å²) >= 11 is 0. The van der Waals surface area contributed by atoms with Gasteiger partial charge >= 0.3 is 0 Å². The Hall–Kier alpha value is -1.35. The molecule has 0 saturated carbocycles. The molecule has 1 aliphatic heterocycles. The highest BCUT2D eigenvalue weighted by Crippen LogP contribution is 2.28. The highest BCUT2D eigenvalue weighted by atomic mass is 16.2. The minimum absolute atomic E-state index is 0.180. The predicted molar refractivity (Wildman–Crippen MR) is 82.2 cm³/mol. The normalized spacial score (nSPS) is 26.1. The van der Waals surface area contributed by atoms with Crippen LogP contribution in [-0.4, -0.2) is 22.9 Å². The van der Waals surface area contributed by atoms with Gasteiger partial charge in [0.05, 0.1) is 5.92 Å². The maximum atomic E-state index is 12.8. The first-order chi connectivity index (χ1) is 9.52. The number of amides is 1. The van der Waals surface area contributed by atoms with Gasteiger partial charge in [-0.2, -0.15) is 0 Å². The van der Waals surface area contributed by atoms with Gasteiger partial charge in [0.25, 0.3) is 0 Å². The van der Waals surface area contributed by atoms with Crippen LogP contribution < -0.4 is 5.73 Å². The first-order valence-electron chi connectivity index (χ1n) is 7.65. The number of nitrogens with zero attached hydrogens (tertiary/aromatic N) is 1. The van der Waals surface area contributed by atoms with E-state index >= 15 is 0 Å². The number of carbonyl (C=O) groups is 1. The lowest BCUT2D eigenvalue weighted by Gasteiger charge is -2.41. The lowest BCUT2D eigenvalue weighted by Crippen LogP contribution is -2.50. The number of piperidine rings is 1. The molecule has 2 rings (SSSR count). The molecule has 0 aliphatic carbocycles. The number of likely N-dealkylation sites (tertiary alicyclic amines) is 1. The minimum atomic E-state index is -0.231. The smallest absolute Gasteiger partial charge is 0.227 e. The first kappa shape index (κ1) is 15.0. The van der Waals surface area contributed by atoms with E-state index in [-0.39, 0.29) is 17.9 Å². The van der Waals surface area contributed by atoms with E-state index in [1.165, 1.54) is 6.42 Å². The quantitative estimate of drug-likeness (QED) is 0.920. The summed E-state index contributed by atoms with van der Waals surface area (Å²) in [5.41, 5.74) is 7.32. The average Bonchev–Trinajstić information content (AvgIpc) is 2.46. The van der Waals surface area contributed by atoms with Crippen LogP contribution in [0, 0.1) is 5.92 Å². The van der Waals surface area contributed by atoms with Crippen molar-refractivity contribution in [1.82, 2.24) is 4.90 Å². The maximum Gasteiger partial charge on any atom is 0.227 e. The lowest BCUT2D eigenvalue weighted by molar-refractivity contribution is -0.141. The Balaban J connectivity index is 2.11. The fraction of sp³-hybridized carbons (Fsp3) is 0.588. The largest absolute Gasteiger partial charge is 0.337 e. The summed E-state index contributed by atoms with van der Waals surface area (Å²) in [6.45, 7) is 6.25. The molecule has 0 bridgehead atoms. The number of benzene rings is 1. The monoisotopic (exact) mass is 274 g/mol. The second kappa shape index (κ2) is 6.40. The topological polar surface area (TPSA) is 46.3 Å². The summed E-state index contributed by atoms with van der Waals surface area (Å²) in [5, 5.41) is 0. The summed E-state index contributed by atoms with van der Waals surface area (Å²) in [4.78, 5) is 14.8. The van der Waals surface area contributed by atoms with Crippen LogP contribution in [0.5, 0.6) is 0 Å². The standard InChI is InChI=1S/C17H26N2O/c1-12-8-7-9-13(2)19(12)17(20)14(3)16(18)15-10-5-4-6-11-15/h4-6,10-14,16H,7-9,18H2,1-3H3. The van der Waals surface area contributed by atoms with Crippen molar-refractivity contribution >= 4 is 5.91 Å². The Morgan fingerprint density at radius 2 is 1.75 bits per heavy atom. The molecule has 1 aromatic rings. The summed E-state index contributed by atoms with van der Waals surface area (Å²) in [5.74, 6) is 0.0152. The molecule has 1 aliphatic rings. The minimum Gasteiger partial charge on any atom is -0.337 e. The van der Waals surface area contributed by atoms with Crippen LogP contribution in [0.4, 0.5) is 0 Å². The molecular formula is C17H26N2O. The molecule has 20 heavy (non-hydrogen) atoms. The third-order valence-electron chi connectivity index (χ3n) is 4.56. The van der Waals surface area contributed by atoms with Gasteiger partial charge in [-0.25, -0.2) is 0 Å². The molecule has 4 atom stereocenters. The van der Waals surface area contributed by atoms with Gasteiger partial charge in [0.2, 0.25) is 5.91 Å². The van der Waals surface area contributed by atoms with Gasteiger partial charge in [0, 0.05) is 18.1 Å². The number of carbonyl (C=O) groups excluding carboxylic acids is 1. The number of hydrogen-bond acceptors (Lipinski definition) is 2. The van der Waals surface area contributed by atoms with Crippen LogP contribution >= 0.6 is 0 Å². The van der Waals surface area contributed by atoms with Gasteiger partial charge in [0.15, 0.2) is 0 Å². The van der Waals surface area contributed by atoms with Crippen LogP contribution in [0.3, 0.4) is 0 Å². The molecule has 110 valence electrons. The zero-order chi connectivity index (χ0) is 14.7. The Kier molecular flexibility index (Phi) is 4.81. The van der Waals surface area contributed by atoms with E-state index in [1.54, 1.807) is 0 Å². The van der Waals surface area contributed by atoms with Crippen molar-refractivity contribution in [3.63, 3.8) is 0 Å². The third-order valence-corrected chi connectivity index (χ3v) is 4.56. The van der Waals surface area contributed by atoms with Gasteiger partial charge in [-0.05, 0) is 38.7 Å². The summed E-state index contributed by atoms with van der Waals surface area (Å²) in [6.07, 6.45) is 3.41. The van der Waals surface area contributed by atoms with Crippen molar-refractivity contribution in [2.24, 2.45) is 11.7 Å². The van der Waals surface area contributed by atoms with Gasteiger partial charge in [-0.1, -0.05) is 37.3 Å². The van der Waals surface area contributed by atoms with E-state index in [1.807, 2.05) is 37.3 Å². The summed E-state index contributed by atoms with van der Waals surface area (Å²) in [6, 6.07) is 10.3. The van der Waals surface area contributed by atoms with E-state index in [9.17, 15) is 4.79 Å². The number of rotatable bonds is 3. The van der Waals surface area contributed by atoms with Crippen molar-refractivity contribution in [3.05, 3.63) is 35.9 Å². The summed E-state index contributed by atoms with van der Waals surface area (Å²) < 4.78 is 0. The molecule has 1 heterocycles. The van der Waals surface area contributed by atoms with Gasteiger partial charge in [-0.3, -0.25) is 4.79 Å². The highest BCUT2D eigenvalue weighted by molar-refractivity contribution is 5.80. The summed E-state index contributed by atoms with van der Waals surface area (Å²) in [7, 11) is 0. The molecule has 0 spiro atoms. The molecule has 1 aromatic carbocycles. The van der Waals surface area contributed by atoms with Crippen molar-refractivity contribution < 1.29 is 4.79 Å². The lowest BCUT2D eigenvalue weighted by atomic mass is 9.90. The molecule has 1 fully saturated rings. The van der Waals surface area contributed by atoms with Crippen molar-refractivity contribution in [2.45, 2.75) is 58.2 Å². The fourth-order valence-electron chi connectivity index (χ4n) is 3.21. The van der Waals surface area contributed by atoms with E-state index in [4.69, 9.17) is 5.73 Å². The Bertz CT molecular complexity index is 436.